The number of carboxylic acid groups (broad SMARTS) is 1. The number of carbonyl (C=O) groups is 1. The number of rotatable bonds is 2. The van der Waals surface area contributed by atoms with Gasteiger partial charge in [-0.2, -0.15) is 0 Å². The lowest BCUT2D eigenvalue weighted by Crippen LogP contribution is -2.42. The second kappa shape index (κ2) is 5.33. The number of hydrogen-bond donors (Lipinski definition) is 1. The molecular weight excluding hydrogens is 238 g/mol. The molecule has 1 heterocycles. The molecule has 1 aromatic carbocycles. The van der Waals surface area contributed by atoms with E-state index in [1.807, 2.05) is 0 Å². The van der Waals surface area contributed by atoms with Crippen LogP contribution in [0.4, 0.5) is 0 Å². The Morgan fingerprint density at radius 1 is 1.11 bits per heavy atom. The van der Waals surface area contributed by atoms with Crippen molar-refractivity contribution in [1.29, 1.82) is 0 Å². The molecule has 3 heteroatoms. The molecule has 19 heavy (non-hydrogen) atoms. The van der Waals surface area contributed by atoms with E-state index in [4.69, 9.17) is 0 Å². The lowest BCUT2D eigenvalue weighted by molar-refractivity contribution is -0.143. The minimum Gasteiger partial charge on any atom is -0.481 e. The van der Waals surface area contributed by atoms with Crippen LogP contribution in [0.1, 0.15) is 30.4 Å². The van der Waals surface area contributed by atoms with E-state index in [0.717, 1.165) is 45.2 Å². The van der Waals surface area contributed by atoms with Crippen LogP contribution in [0, 0.1) is 5.92 Å². The highest BCUT2D eigenvalue weighted by molar-refractivity contribution is 5.71. The third-order valence-electron chi connectivity index (χ3n) is 4.72. The van der Waals surface area contributed by atoms with Gasteiger partial charge >= 0.3 is 5.97 Å². The van der Waals surface area contributed by atoms with Gasteiger partial charge in [-0.25, -0.2) is 0 Å². The molecule has 1 N–H and O–H groups in total. The number of nitrogens with zero attached hydrogens (tertiary/aromatic N) is 1. The molecule has 1 aliphatic heterocycles. The minimum absolute atomic E-state index is 0.152. The first-order valence-electron chi connectivity index (χ1n) is 7.29. The molecule has 0 saturated heterocycles. The molecule has 1 fully saturated rings. The van der Waals surface area contributed by atoms with E-state index in [1.165, 1.54) is 11.1 Å². The zero-order chi connectivity index (χ0) is 13.2. The molecule has 2 atom stereocenters. The van der Waals surface area contributed by atoms with E-state index >= 15 is 0 Å². The molecule has 102 valence electrons. The van der Waals surface area contributed by atoms with Gasteiger partial charge in [-0.15, -0.1) is 0 Å². The zero-order valence-electron chi connectivity index (χ0n) is 11.2. The maximum Gasteiger partial charge on any atom is 0.308 e. The maximum absolute atomic E-state index is 11.3. The Balaban J connectivity index is 1.73. The molecule has 0 radical (unpaired) electrons. The summed E-state index contributed by atoms with van der Waals surface area (Å²) < 4.78 is 0. The lowest BCUT2D eigenvalue weighted by atomic mass is 10.0. The van der Waals surface area contributed by atoms with E-state index in [0.29, 0.717) is 0 Å². The standard InChI is InChI=1S/C16H21NO2/c18-16(19)14-6-3-7-15(14)17-10-8-12-4-1-2-5-13(12)9-11-17/h1-2,4-5,14-15H,3,6-11H2,(H,18,19). The van der Waals surface area contributed by atoms with Crippen molar-refractivity contribution < 1.29 is 9.90 Å². The van der Waals surface area contributed by atoms with Crippen LogP contribution in [-0.2, 0) is 17.6 Å². The average Bonchev–Trinajstić information content (AvgIpc) is 2.80. The predicted molar refractivity (Wildman–Crippen MR) is 74.2 cm³/mol. The molecular formula is C16H21NO2. The Bertz CT molecular complexity index is 445. The van der Waals surface area contributed by atoms with E-state index in [2.05, 4.69) is 29.2 Å². The van der Waals surface area contributed by atoms with Crippen LogP contribution < -0.4 is 0 Å². The molecule has 0 spiro atoms. The van der Waals surface area contributed by atoms with Gasteiger partial charge in [0, 0.05) is 19.1 Å². The zero-order valence-corrected chi connectivity index (χ0v) is 11.2. The largest absolute Gasteiger partial charge is 0.481 e. The van der Waals surface area contributed by atoms with Crippen LogP contribution in [-0.4, -0.2) is 35.1 Å². The summed E-state index contributed by atoms with van der Waals surface area (Å²) >= 11 is 0. The number of benzene rings is 1. The second-order valence-electron chi connectivity index (χ2n) is 5.75. The van der Waals surface area contributed by atoms with Gasteiger partial charge in [0.05, 0.1) is 5.92 Å². The Hall–Kier alpha value is -1.35. The van der Waals surface area contributed by atoms with Crippen LogP contribution in [0.5, 0.6) is 0 Å². The van der Waals surface area contributed by atoms with Gasteiger partial charge in [-0.05, 0) is 36.8 Å². The highest BCUT2D eigenvalue weighted by Crippen LogP contribution is 2.31. The van der Waals surface area contributed by atoms with E-state index < -0.39 is 5.97 Å². The fourth-order valence-corrected chi connectivity index (χ4v) is 3.68. The van der Waals surface area contributed by atoms with Crippen LogP contribution >= 0.6 is 0 Å². The van der Waals surface area contributed by atoms with Gasteiger partial charge in [0.1, 0.15) is 0 Å². The number of aliphatic carboxylic acids is 1. The smallest absolute Gasteiger partial charge is 0.308 e. The van der Waals surface area contributed by atoms with Crippen molar-refractivity contribution in [2.75, 3.05) is 13.1 Å². The van der Waals surface area contributed by atoms with E-state index in [9.17, 15) is 9.90 Å². The molecule has 3 rings (SSSR count). The first-order valence-corrected chi connectivity index (χ1v) is 7.29. The van der Waals surface area contributed by atoms with Crippen molar-refractivity contribution in [3.8, 4) is 0 Å². The molecule has 0 bridgehead atoms. The predicted octanol–water partition coefficient (Wildman–Crippen LogP) is 2.34. The van der Waals surface area contributed by atoms with Crippen LogP contribution in [0.25, 0.3) is 0 Å². The summed E-state index contributed by atoms with van der Waals surface area (Å²) in [6.45, 7) is 2.01. The average molecular weight is 259 g/mol. The normalized spacial score (nSPS) is 27.8. The third-order valence-corrected chi connectivity index (χ3v) is 4.72. The molecule has 0 aromatic heterocycles. The minimum atomic E-state index is -0.607. The summed E-state index contributed by atoms with van der Waals surface area (Å²) in [5.74, 6) is -0.759. The Kier molecular flexibility index (Phi) is 3.56. The van der Waals surface area contributed by atoms with Gasteiger partial charge in [0.15, 0.2) is 0 Å². The third kappa shape index (κ3) is 2.52. The molecule has 1 aromatic rings. The summed E-state index contributed by atoms with van der Waals surface area (Å²) in [6.07, 6.45) is 5.07. The Labute approximate surface area is 114 Å². The van der Waals surface area contributed by atoms with Crippen LogP contribution in [0.3, 0.4) is 0 Å². The Morgan fingerprint density at radius 2 is 1.74 bits per heavy atom. The Morgan fingerprint density at radius 3 is 2.32 bits per heavy atom. The summed E-state index contributed by atoms with van der Waals surface area (Å²) in [4.78, 5) is 13.8. The highest BCUT2D eigenvalue weighted by Gasteiger charge is 2.36. The maximum atomic E-state index is 11.3. The van der Waals surface area contributed by atoms with Gasteiger partial charge in [0.25, 0.3) is 0 Å². The monoisotopic (exact) mass is 259 g/mol. The summed E-state index contributed by atoms with van der Waals surface area (Å²) in [7, 11) is 0. The SMILES string of the molecule is O=C(O)C1CCCC1N1CCc2ccccc2CC1. The van der Waals surface area contributed by atoms with Crippen molar-refractivity contribution in [2.45, 2.75) is 38.1 Å². The van der Waals surface area contributed by atoms with Crippen LogP contribution in [0.2, 0.25) is 0 Å². The quantitative estimate of drug-likeness (QED) is 0.886. The van der Waals surface area contributed by atoms with Gasteiger partial charge in [0.2, 0.25) is 0 Å². The van der Waals surface area contributed by atoms with Crippen molar-refractivity contribution in [3.63, 3.8) is 0 Å². The fraction of sp³-hybridized carbons (Fsp3) is 0.562. The van der Waals surface area contributed by atoms with Gasteiger partial charge in [-0.1, -0.05) is 30.7 Å². The molecule has 2 aliphatic rings. The van der Waals surface area contributed by atoms with Crippen LogP contribution in [0.15, 0.2) is 24.3 Å². The summed E-state index contributed by atoms with van der Waals surface area (Å²) in [5, 5.41) is 9.33. The van der Waals surface area contributed by atoms with Gasteiger partial charge < -0.3 is 5.11 Å². The van der Waals surface area contributed by atoms with Crippen molar-refractivity contribution in [2.24, 2.45) is 5.92 Å². The van der Waals surface area contributed by atoms with Crippen molar-refractivity contribution in [3.05, 3.63) is 35.4 Å². The number of fused-ring (bicyclic) bond motifs is 1. The van der Waals surface area contributed by atoms with Crippen molar-refractivity contribution in [1.82, 2.24) is 4.90 Å². The first kappa shape index (κ1) is 12.7. The summed E-state index contributed by atoms with van der Waals surface area (Å²) in [6, 6.07) is 8.88. The summed E-state index contributed by atoms with van der Waals surface area (Å²) in [5.41, 5.74) is 2.88. The molecule has 0 amide bonds. The lowest BCUT2D eigenvalue weighted by Gasteiger charge is -2.30. The molecule has 1 saturated carbocycles. The first-order chi connectivity index (χ1) is 9.25. The molecule has 3 nitrogen and oxygen atoms in total. The fourth-order valence-electron chi connectivity index (χ4n) is 3.68. The topological polar surface area (TPSA) is 40.5 Å². The van der Waals surface area contributed by atoms with E-state index in [1.54, 1.807) is 0 Å². The molecule has 2 unspecified atom stereocenters. The highest BCUT2D eigenvalue weighted by atomic mass is 16.4. The van der Waals surface area contributed by atoms with Gasteiger partial charge in [-0.3, -0.25) is 9.69 Å². The number of hydrogen-bond acceptors (Lipinski definition) is 2. The number of carboxylic acids is 1. The van der Waals surface area contributed by atoms with Crippen molar-refractivity contribution >= 4 is 5.97 Å². The van der Waals surface area contributed by atoms with E-state index in [-0.39, 0.29) is 12.0 Å². The molecule has 1 aliphatic carbocycles. The second-order valence-corrected chi connectivity index (χ2v) is 5.75.